The molecule has 0 aliphatic rings. The van der Waals surface area contributed by atoms with E-state index in [9.17, 15) is 9.59 Å². The minimum Gasteiger partial charge on any atom is -0.353 e. The first kappa shape index (κ1) is 29.1. The van der Waals surface area contributed by atoms with Gasteiger partial charge in [0.2, 0.25) is 11.8 Å². The van der Waals surface area contributed by atoms with E-state index in [2.05, 4.69) is 76.4 Å². The summed E-state index contributed by atoms with van der Waals surface area (Å²) in [5.41, 5.74) is 4.86. The SMILES string of the molecule is CC(C)(C)c1ccc(/C=C/C(=O)NCCCCCCNC(=O)/C=C/c2ccc(C(C)(C)C)cc2)cc1. The fraction of sp³-hybridized carbons (Fsp3) is 0.438. The lowest BCUT2D eigenvalue weighted by atomic mass is 9.87. The number of nitrogens with one attached hydrogen (secondary N) is 2. The maximum absolute atomic E-state index is 12.0. The molecular weight excluding hydrogens is 444 g/mol. The molecule has 0 atom stereocenters. The zero-order valence-corrected chi connectivity index (χ0v) is 23.0. The molecule has 2 aromatic carbocycles. The molecular formula is C32H44N2O2. The summed E-state index contributed by atoms with van der Waals surface area (Å²) in [5, 5.41) is 5.87. The highest BCUT2D eigenvalue weighted by Crippen LogP contribution is 2.23. The largest absolute Gasteiger partial charge is 0.353 e. The topological polar surface area (TPSA) is 58.2 Å². The van der Waals surface area contributed by atoms with Gasteiger partial charge in [0.1, 0.15) is 0 Å². The Balaban J connectivity index is 1.54. The normalized spacial score (nSPS) is 12.3. The van der Waals surface area contributed by atoms with E-state index < -0.39 is 0 Å². The zero-order chi connectivity index (χ0) is 26.6. The molecule has 4 heteroatoms. The van der Waals surface area contributed by atoms with Crippen molar-refractivity contribution in [2.75, 3.05) is 13.1 Å². The second kappa shape index (κ2) is 13.8. The monoisotopic (exact) mass is 488 g/mol. The van der Waals surface area contributed by atoms with E-state index in [1.807, 2.05) is 36.4 Å². The first-order chi connectivity index (χ1) is 16.9. The number of rotatable bonds is 11. The van der Waals surface area contributed by atoms with E-state index in [0.717, 1.165) is 36.8 Å². The van der Waals surface area contributed by atoms with Gasteiger partial charge in [-0.05, 0) is 58.1 Å². The average Bonchev–Trinajstić information content (AvgIpc) is 2.82. The maximum atomic E-state index is 12.0. The summed E-state index contributed by atoms with van der Waals surface area (Å²) in [7, 11) is 0. The van der Waals surface area contributed by atoms with E-state index in [1.165, 1.54) is 11.1 Å². The van der Waals surface area contributed by atoms with Crippen molar-refractivity contribution in [2.45, 2.75) is 78.1 Å². The Bertz CT molecular complexity index is 932. The van der Waals surface area contributed by atoms with Crippen molar-refractivity contribution in [2.24, 2.45) is 0 Å². The zero-order valence-electron chi connectivity index (χ0n) is 23.0. The highest BCUT2D eigenvalue weighted by molar-refractivity contribution is 5.92. The van der Waals surface area contributed by atoms with Crippen LogP contribution in [0.5, 0.6) is 0 Å². The summed E-state index contributed by atoms with van der Waals surface area (Å²) in [6.07, 6.45) is 10.8. The second-order valence-corrected chi connectivity index (χ2v) is 11.4. The molecule has 2 rings (SSSR count). The minimum atomic E-state index is -0.0676. The van der Waals surface area contributed by atoms with Gasteiger partial charge in [-0.25, -0.2) is 0 Å². The molecule has 2 amide bonds. The van der Waals surface area contributed by atoms with Crippen LogP contribution in [0, 0.1) is 0 Å². The van der Waals surface area contributed by atoms with E-state index in [0.29, 0.717) is 13.1 Å². The quantitative estimate of drug-likeness (QED) is 0.270. The van der Waals surface area contributed by atoms with Gasteiger partial charge in [-0.15, -0.1) is 0 Å². The van der Waals surface area contributed by atoms with Crippen LogP contribution < -0.4 is 10.6 Å². The van der Waals surface area contributed by atoms with Gasteiger partial charge in [-0.1, -0.05) is 103 Å². The van der Waals surface area contributed by atoms with Crippen LogP contribution in [0.25, 0.3) is 12.2 Å². The van der Waals surface area contributed by atoms with Crippen molar-refractivity contribution in [1.82, 2.24) is 10.6 Å². The number of benzene rings is 2. The molecule has 194 valence electrons. The van der Waals surface area contributed by atoms with E-state index >= 15 is 0 Å². The third-order valence-electron chi connectivity index (χ3n) is 6.11. The molecule has 0 saturated heterocycles. The number of carbonyl (C=O) groups is 2. The van der Waals surface area contributed by atoms with Gasteiger partial charge < -0.3 is 10.6 Å². The first-order valence-electron chi connectivity index (χ1n) is 13.1. The van der Waals surface area contributed by atoms with Gasteiger partial charge in [0.05, 0.1) is 0 Å². The number of hydrogen-bond donors (Lipinski definition) is 2. The summed E-state index contributed by atoms with van der Waals surface area (Å²) in [4.78, 5) is 24.1. The Morgan fingerprint density at radius 2 is 0.917 bits per heavy atom. The lowest BCUT2D eigenvalue weighted by molar-refractivity contribution is -0.117. The van der Waals surface area contributed by atoms with Gasteiger partial charge >= 0.3 is 0 Å². The molecule has 0 saturated carbocycles. The molecule has 0 aliphatic heterocycles. The Hall–Kier alpha value is -3.14. The van der Waals surface area contributed by atoms with Crippen LogP contribution in [0.15, 0.2) is 60.7 Å². The maximum Gasteiger partial charge on any atom is 0.243 e. The second-order valence-electron chi connectivity index (χ2n) is 11.4. The van der Waals surface area contributed by atoms with Crippen molar-refractivity contribution < 1.29 is 9.59 Å². The Labute approximate surface area is 218 Å². The van der Waals surface area contributed by atoms with Crippen LogP contribution in [0.1, 0.15) is 89.5 Å². The van der Waals surface area contributed by atoms with Crippen LogP contribution in [0.4, 0.5) is 0 Å². The molecule has 4 nitrogen and oxygen atoms in total. The predicted octanol–water partition coefficient (Wildman–Crippen LogP) is 6.80. The van der Waals surface area contributed by atoms with Crippen molar-refractivity contribution in [3.63, 3.8) is 0 Å². The molecule has 0 aromatic heterocycles. The van der Waals surface area contributed by atoms with Gasteiger partial charge in [0.25, 0.3) is 0 Å². The molecule has 0 bridgehead atoms. The van der Waals surface area contributed by atoms with E-state index in [4.69, 9.17) is 0 Å². The van der Waals surface area contributed by atoms with Crippen molar-refractivity contribution in [3.05, 3.63) is 82.9 Å². The molecule has 0 unspecified atom stereocenters. The van der Waals surface area contributed by atoms with Crippen LogP contribution in [-0.2, 0) is 20.4 Å². The summed E-state index contributed by atoms with van der Waals surface area (Å²) in [6, 6.07) is 16.6. The molecule has 0 aliphatic carbocycles. The van der Waals surface area contributed by atoms with E-state index in [-0.39, 0.29) is 22.6 Å². The highest BCUT2D eigenvalue weighted by Gasteiger charge is 2.13. The lowest BCUT2D eigenvalue weighted by Crippen LogP contribution is -2.23. The molecule has 2 aromatic rings. The summed E-state index contributed by atoms with van der Waals surface area (Å²) < 4.78 is 0. The van der Waals surface area contributed by atoms with Crippen molar-refractivity contribution in [3.8, 4) is 0 Å². The smallest absolute Gasteiger partial charge is 0.243 e. The van der Waals surface area contributed by atoms with Gasteiger partial charge in [-0.2, -0.15) is 0 Å². The Morgan fingerprint density at radius 3 is 1.22 bits per heavy atom. The third kappa shape index (κ3) is 11.1. The van der Waals surface area contributed by atoms with Crippen LogP contribution in [-0.4, -0.2) is 24.9 Å². The number of carbonyl (C=O) groups excluding carboxylic acids is 2. The van der Waals surface area contributed by atoms with Gasteiger partial charge in [-0.3, -0.25) is 9.59 Å². The van der Waals surface area contributed by atoms with Gasteiger partial charge in [0.15, 0.2) is 0 Å². The highest BCUT2D eigenvalue weighted by atomic mass is 16.2. The molecule has 0 heterocycles. The number of unbranched alkanes of at least 4 members (excludes halogenated alkanes) is 3. The first-order valence-corrected chi connectivity index (χ1v) is 13.1. The Morgan fingerprint density at radius 1 is 0.583 bits per heavy atom. The van der Waals surface area contributed by atoms with Crippen molar-refractivity contribution in [1.29, 1.82) is 0 Å². The fourth-order valence-corrected chi connectivity index (χ4v) is 3.68. The summed E-state index contributed by atoms with van der Waals surface area (Å²) >= 11 is 0. The minimum absolute atomic E-state index is 0.0676. The third-order valence-corrected chi connectivity index (χ3v) is 6.11. The van der Waals surface area contributed by atoms with Crippen LogP contribution in [0.3, 0.4) is 0 Å². The average molecular weight is 489 g/mol. The molecule has 0 fully saturated rings. The van der Waals surface area contributed by atoms with Gasteiger partial charge in [0, 0.05) is 25.2 Å². The van der Waals surface area contributed by atoms with Crippen molar-refractivity contribution >= 4 is 24.0 Å². The molecule has 2 N–H and O–H groups in total. The number of hydrogen-bond acceptors (Lipinski definition) is 2. The molecule has 0 spiro atoms. The van der Waals surface area contributed by atoms with E-state index in [1.54, 1.807) is 12.2 Å². The predicted molar refractivity (Wildman–Crippen MR) is 153 cm³/mol. The fourth-order valence-electron chi connectivity index (χ4n) is 3.68. The standard InChI is InChI=1S/C32H44N2O2/c1-31(2,3)27-17-11-25(12-18-27)15-21-29(35)33-23-9-7-8-10-24-34-30(36)22-16-26-13-19-28(20-14-26)32(4,5)6/h11-22H,7-10,23-24H2,1-6H3,(H,33,35)(H,34,36)/b21-15+,22-16+. The van der Waals surface area contributed by atoms with Crippen LogP contribution >= 0.6 is 0 Å². The lowest BCUT2D eigenvalue weighted by Gasteiger charge is -2.18. The number of amides is 2. The van der Waals surface area contributed by atoms with Crippen LogP contribution in [0.2, 0.25) is 0 Å². The summed E-state index contributed by atoms with van der Waals surface area (Å²) in [5.74, 6) is -0.135. The molecule has 36 heavy (non-hydrogen) atoms. The summed E-state index contributed by atoms with van der Waals surface area (Å²) in [6.45, 7) is 14.5. The Kier molecular flexibility index (Phi) is 11.2. The molecule has 0 radical (unpaired) electrons.